The van der Waals surface area contributed by atoms with Crippen LogP contribution in [0.2, 0.25) is 0 Å². The van der Waals surface area contributed by atoms with E-state index >= 15 is 0 Å². The molecule has 1 saturated heterocycles. The van der Waals surface area contributed by atoms with Crippen LogP contribution in [-0.4, -0.2) is 18.6 Å². The summed E-state index contributed by atoms with van der Waals surface area (Å²) in [6.07, 6.45) is 0. The van der Waals surface area contributed by atoms with E-state index in [-0.39, 0.29) is 11.8 Å². The molecule has 0 aliphatic carbocycles. The summed E-state index contributed by atoms with van der Waals surface area (Å²) < 4.78 is 23.7. The van der Waals surface area contributed by atoms with Gasteiger partial charge in [0.05, 0.1) is 12.0 Å². The summed E-state index contributed by atoms with van der Waals surface area (Å²) in [5, 5.41) is 0. The summed E-state index contributed by atoms with van der Waals surface area (Å²) in [5.74, 6) is -0.688. The minimum absolute atomic E-state index is 0.0670. The summed E-state index contributed by atoms with van der Waals surface area (Å²) in [6, 6.07) is 8.60. The van der Waals surface area contributed by atoms with E-state index in [2.05, 4.69) is 0 Å². The predicted molar refractivity (Wildman–Crippen MR) is 69.1 cm³/mol. The second-order valence-corrected chi connectivity index (χ2v) is 7.09. The molecule has 4 nitrogen and oxygen atoms in total. The molecule has 1 fully saturated rings. The number of β-lactam (4-membered cyclic amide) rings is 1. The maximum Gasteiger partial charge on any atom is 0.324 e. The zero-order valence-corrected chi connectivity index (χ0v) is 11.6. The topological polar surface area (TPSA) is 54.5 Å². The third-order valence-corrected chi connectivity index (χ3v) is 4.51. The monoisotopic (exact) mass is 287 g/mol. The van der Waals surface area contributed by atoms with E-state index < -0.39 is 21.2 Å². The minimum atomic E-state index is -4.02. The number of hydrogen-bond donors (Lipinski definition) is 0. The van der Waals surface area contributed by atoms with Gasteiger partial charge in [-0.15, -0.1) is 0 Å². The van der Waals surface area contributed by atoms with Gasteiger partial charge in [0, 0.05) is 10.7 Å². The third kappa shape index (κ3) is 2.12. The highest BCUT2D eigenvalue weighted by molar-refractivity contribution is 8.12. The zero-order valence-electron chi connectivity index (χ0n) is 10.1. The summed E-state index contributed by atoms with van der Waals surface area (Å²) in [4.78, 5) is 11.9. The van der Waals surface area contributed by atoms with E-state index in [0.29, 0.717) is 0 Å². The van der Waals surface area contributed by atoms with E-state index in [4.69, 9.17) is 10.7 Å². The van der Waals surface area contributed by atoms with Gasteiger partial charge < -0.3 is 0 Å². The summed E-state index contributed by atoms with van der Waals surface area (Å²) in [7, 11) is 1.30. The molecule has 2 atom stereocenters. The molecule has 0 bridgehead atoms. The second-order valence-electron chi connectivity index (χ2n) is 4.70. The molecule has 18 heavy (non-hydrogen) atoms. The lowest BCUT2D eigenvalue weighted by atomic mass is 9.78. The number of benzene rings is 1. The van der Waals surface area contributed by atoms with Gasteiger partial charge in [0.25, 0.3) is 0 Å². The van der Waals surface area contributed by atoms with Crippen LogP contribution in [0.1, 0.15) is 25.5 Å². The van der Waals surface area contributed by atoms with E-state index in [0.717, 1.165) is 9.87 Å². The number of nitrogens with zero attached hydrogens (tertiary/aromatic N) is 1. The van der Waals surface area contributed by atoms with Crippen molar-refractivity contribution in [3.8, 4) is 0 Å². The molecular formula is C12H14ClNO3S. The molecule has 0 radical (unpaired) electrons. The fourth-order valence-corrected chi connectivity index (χ4v) is 3.69. The van der Waals surface area contributed by atoms with E-state index in [1.165, 1.54) is 0 Å². The fourth-order valence-electron chi connectivity index (χ4n) is 2.37. The Bertz CT molecular complexity index is 556. The molecule has 1 heterocycles. The van der Waals surface area contributed by atoms with Crippen molar-refractivity contribution in [3.05, 3.63) is 35.9 Å². The van der Waals surface area contributed by atoms with Crippen molar-refractivity contribution in [3.63, 3.8) is 0 Å². The van der Waals surface area contributed by atoms with Crippen molar-refractivity contribution in [2.24, 2.45) is 11.8 Å². The Balaban J connectivity index is 2.43. The highest BCUT2D eigenvalue weighted by Gasteiger charge is 2.54. The van der Waals surface area contributed by atoms with Gasteiger partial charge in [-0.05, 0) is 11.5 Å². The average molecular weight is 288 g/mol. The quantitative estimate of drug-likeness (QED) is 0.633. The first-order valence-corrected chi connectivity index (χ1v) is 7.93. The molecule has 1 aliphatic rings. The molecule has 0 saturated carbocycles. The fraction of sp³-hybridized carbons (Fsp3) is 0.417. The average Bonchev–Trinajstić information content (AvgIpc) is 2.24. The van der Waals surface area contributed by atoms with Crippen LogP contribution in [0.25, 0.3) is 0 Å². The van der Waals surface area contributed by atoms with Gasteiger partial charge in [-0.25, -0.2) is 4.31 Å². The van der Waals surface area contributed by atoms with Crippen molar-refractivity contribution < 1.29 is 13.2 Å². The Morgan fingerprint density at radius 1 is 1.22 bits per heavy atom. The molecule has 0 spiro atoms. The highest BCUT2D eigenvalue weighted by Crippen LogP contribution is 2.46. The van der Waals surface area contributed by atoms with Crippen LogP contribution in [0.3, 0.4) is 0 Å². The lowest BCUT2D eigenvalue weighted by Gasteiger charge is -2.46. The maximum atomic E-state index is 11.9. The second kappa shape index (κ2) is 4.55. The van der Waals surface area contributed by atoms with Crippen LogP contribution in [0.4, 0.5) is 0 Å². The molecule has 0 aromatic heterocycles. The SMILES string of the molecule is CC(C)C1C(=O)N(S(=O)(=O)Cl)C1c1ccccc1. The van der Waals surface area contributed by atoms with Gasteiger partial charge >= 0.3 is 9.24 Å². The van der Waals surface area contributed by atoms with Gasteiger partial charge in [0.1, 0.15) is 0 Å². The van der Waals surface area contributed by atoms with Crippen LogP contribution in [0.5, 0.6) is 0 Å². The lowest BCUT2D eigenvalue weighted by Crippen LogP contribution is -2.57. The normalized spacial score (nSPS) is 24.2. The van der Waals surface area contributed by atoms with E-state index in [1.807, 2.05) is 44.2 Å². The number of halogens is 1. The van der Waals surface area contributed by atoms with Crippen molar-refractivity contribution in [1.29, 1.82) is 0 Å². The molecule has 2 rings (SSSR count). The molecule has 1 aromatic carbocycles. The zero-order chi connectivity index (χ0) is 13.5. The van der Waals surface area contributed by atoms with Crippen molar-refractivity contribution in [2.45, 2.75) is 19.9 Å². The number of carbonyl (C=O) groups excluding carboxylic acids is 1. The van der Waals surface area contributed by atoms with Gasteiger partial charge in [-0.1, -0.05) is 44.2 Å². The summed E-state index contributed by atoms with van der Waals surface area (Å²) in [6.45, 7) is 3.80. The van der Waals surface area contributed by atoms with Gasteiger partial charge in [0.2, 0.25) is 5.91 Å². The first-order chi connectivity index (χ1) is 8.34. The van der Waals surface area contributed by atoms with Crippen LogP contribution in [0.15, 0.2) is 30.3 Å². The molecule has 1 aromatic rings. The third-order valence-electron chi connectivity index (χ3n) is 3.19. The largest absolute Gasteiger partial charge is 0.324 e. The first-order valence-electron chi connectivity index (χ1n) is 5.67. The van der Waals surface area contributed by atoms with Crippen LogP contribution >= 0.6 is 10.7 Å². The number of amides is 1. The molecule has 2 unspecified atom stereocenters. The molecule has 6 heteroatoms. The predicted octanol–water partition coefficient (Wildman–Crippen LogP) is 2.33. The maximum absolute atomic E-state index is 11.9. The van der Waals surface area contributed by atoms with Gasteiger partial charge in [-0.2, -0.15) is 8.42 Å². The highest BCUT2D eigenvalue weighted by atomic mass is 35.7. The van der Waals surface area contributed by atoms with Crippen molar-refractivity contribution in [1.82, 2.24) is 4.31 Å². The Hall–Kier alpha value is -1.07. The summed E-state index contributed by atoms with van der Waals surface area (Å²) >= 11 is 0. The number of hydrogen-bond acceptors (Lipinski definition) is 3. The van der Waals surface area contributed by atoms with Crippen LogP contribution in [-0.2, 0) is 14.0 Å². The first kappa shape index (κ1) is 13.4. The molecule has 0 N–H and O–H groups in total. The summed E-state index contributed by atoms with van der Waals surface area (Å²) in [5.41, 5.74) is 0.792. The van der Waals surface area contributed by atoms with Crippen LogP contribution < -0.4 is 0 Å². The standard InChI is InChI=1S/C12H14ClNO3S/c1-8(2)10-11(9-6-4-3-5-7-9)14(12(10)15)18(13,16)17/h3-8,10-11H,1-2H3. The van der Waals surface area contributed by atoms with Gasteiger partial charge in [0.15, 0.2) is 0 Å². The Labute approximate surface area is 111 Å². The molecule has 98 valence electrons. The van der Waals surface area contributed by atoms with Crippen molar-refractivity contribution >= 4 is 25.8 Å². The van der Waals surface area contributed by atoms with Crippen LogP contribution in [0, 0.1) is 11.8 Å². The Morgan fingerprint density at radius 2 is 1.78 bits per heavy atom. The smallest absolute Gasteiger partial charge is 0.273 e. The van der Waals surface area contributed by atoms with E-state index in [9.17, 15) is 13.2 Å². The van der Waals surface area contributed by atoms with Crippen molar-refractivity contribution in [2.75, 3.05) is 0 Å². The number of carbonyl (C=O) groups is 1. The molecular weight excluding hydrogens is 274 g/mol. The lowest BCUT2D eigenvalue weighted by molar-refractivity contribution is -0.149. The minimum Gasteiger partial charge on any atom is -0.273 e. The molecule has 1 aliphatic heterocycles. The van der Waals surface area contributed by atoms with Gasteiger partial charge in [-0.3, -0.25) is 4.79 Å². The Kier molecular flexibility index (Phi) is 3.38. The van der Waals surface area contributed by atoms with E-state index in [1.54, 1.807) is 0 Å². The molecule has 1 amide bonds. The number of rotatable bonds is 3. The Morgan fingerprint density at radius 3 is 2.22 bits per heavy atom.